The normalized spacial score (nSPS) is 12.0. The summed E-state index contributed by atoms with van der Waals surface area (Å²) in [5.74, 6) is -0.558. The second-order valence-electron chi connectivity index (χ2n) is 5.13. The van der Waals surface area contributed by atoms with Crippen molar-refractivity contribution in [3.63, 3.8) is 0 Å². The number of methoxy groups -OCH3 is 1. The molecule has 0 aromatic heterocycles. The summed E-state index contributed by atoms with van der Waals surface area (Å²) >= 11 is 0. The molecule has 0 heterocycles. The fourth-order valence-electron chi connectivity index (χ4n) is 2.20. The molecular weight excluding hydrogens is 294 g/mol. The Labute approximate surface area is 125 Å². The highest BCUT2D eigenvalue weighted by atomic mass is 32.2. The highest BCUT2D eigenvalue weighted by Gasteiger charge is 2.29. The van der Waals surface area contributed by atoms with Crippen LogP contribution < -0.4 is 4.74 Å². The third-order valence-electron chi connectivity index (χ3n) is 3.11. The van der Waals surface area contributed by atoms with Crippen molar-refractivity contribution in [1.82, 2.24) is 4.31 Å². The van der Waals surface area contributed by atoms with E-state index in [1.54, 1.807) is 27.7 Å². The monoisotopic (exact) mass is 315 g/mol. The lowest BCUT2D eigenvalue weighted by molar-refractivity contribution is -0.137. The summed E-state index contributed by atoms with van der Waals surface area (Å²) in [4.78, 5) is 11.0. The van der Waals surface area contributed by atoms with Crippen LogP contribution >= 0.6 is 0 Å². The molecule has 0 bridgehead atoms. The molecule has 0 amide bonds. The van der Waals surface area contributed by atoms with E-state index < -0.39 is 28.6 Å². The molecular formula is C14H21NO5S. The van der Waals surface area contributed by atoms with Crippen LogP contribution in [0.2, 0.25) is 0 Å². The minimum atomic E-state index is -3.87. The fourth-order valence-corrected chi connectivity index (χ4v) is 3.95. The van der Waals surface area contributed by atoms with Gasteiger partial charge in [0.1, 0.15) is 12.3 Å². The van der Waals surface area contributed by atoms with Gasteiger partial charge in [0.05, 0.1) is 12.0 Å². The predicted octanol–water partition coefficient (Wildman–Crippen LogP) is 1.80. The number of ether oxygens (including phenoxy) is 1. The summed E-state index contributed by atoms with van der Waals surface area (Å²) < 4.78 is 31.5. The number of carbonyl (C=O) groups is 1. The quantitative estimate of drug-likeness (QED) is 0.865. The summed E-state index contributed by atoms with van der Waals surface area (Å²) in [6, 6.07) is 2.55. The van der Waals surface area contributed by atoms with Gasteiger partial charge in [-0.1, -0.05) is 0 Å². The van der Waals surface area contributed by atoms with E-state index in [0.717, 1.165) is 4.31 Å². The number of aliphatic carboxylic acids is 1. The molecule has 1 aromatic carbocycles. The van der Waals surface area contributed by atoms with E-state index in [1.165, 1.54) is 19.2 Å². The molecule has 0 fully saturated rings. The largest absolute Gasteiger partial charge is 0.496 e. The van der Waals surface area contributed by atoms with Crippen molar-refractivity contribution in [3.05, 3.63) is 23.3 Å². The molecule has 0 atom stereocenters. The van der Waals surface area contributed by atoms with Gasteiger partial charge in [-0.2, -0.15) is 4.31 Å². The molecule has 0 unspecified atom stereocenters. The van der Waals surface area contributed by atoms with E-state index in [2.05, 4.69) is 0 Å². The molecule has 1 aromatic rings. The van der Waals surface area contributed by atoms with Crippen molar-refractivity contribution in [2.75, 3.05) is 13.7 Å². The zero-order valence-electron chi connectivity index (χ0n) is 12.9. The maximum atomic E-state index is 12.6. The molecule has 0 aliphatic rings. The van der Waals surface area contributed by atoms with Crippen molar-refractivity contribution in [3.8, 4) is 5.75 Å². The summed E-state index contributed by atoms with van der Waals surface area (Å²) in [5, 5.41) is 8.91. The smallest absolute Gasteiger partial charge is 0.318 e. The first kappa shape index (κ1) is 17.5. The van der Waals surface area contributed by atoms with Crippen LogP contribution in [0, 0.1) is 13.8 Å². The van der Waals surface area contributed by atoms with E-state index in [0.29, 0.717) is 16.9 Å². The second kappa shape index (κ2) is 6.44. The van der Waals surface area contributed by atoms with Gasteiger partial charge in [-0.25, -0.2) is 8.42 Å². The summed E-state index contributed by atoms with van der Waals surface area (Å²) in [7, 11) is -2.35. The number of carboxylic acid groups (broad SMARTS) is 1. The fraction of sp³-hybridized carbons (Fsp3) is 0.500. The zero-order valence-corrected chi connectivity index (χ0v) is 13.7. The third-order valence-corrected chi connectivity index (χ3v) is 5.11. The van der Waals surface area contributed by atoms with Crippen LogP contribution in [0.3, 0.4) is 0 Å². The summed E-state index contributed by atoms with van der Waals surface area (Å²) in [6.45, 7) is 6.22. The van der Waals surface area contributed by atoms with Crippen LogP contribution in [0.1, 0.15) is 25.0 Å². The van der Waals surface area contributed by atoms with Gasteiger partial charge < -0.3 is 9.84 Å². The molecule has 0 radical (unpaired) electrons. The van der Waals surface area contributed by atoms with Gasteiger partial charge in [0.25, 0.3) is 0 Å². The molecule has 0 saturated heterocycles. The Balaban J connectivity index is 3.38. The van der Waals surface area contributed by atoms with E-state index in [-0.39, 0.29) is 4.90 Å². The maximum Gasteiger partial charge on any atom is 0.318 e. The Bertz CT molecular complexity index is 614. The number of aryl methyl sites for hydroxylation is 2. The Hall–Kier alpha value is -1.60. The second-order valence-corrected chi connectivity index (χ2v) is 7.02. The highest BCUT2D eigenvalue weighted by Crippen LogP contribution is 2.28. The number of benzene rings is 1. The van der Waals surface area contributed by atoms with Gasteiger partial charge in [0.15, 0.2) is 0 Å². The van der Waals surface area contributed by atoms with E-state index in [1.807, 2.05) is 0 Å². The molecule has 21 heavy (non-hydrogen) atoms. The molecule has 1 N–H and O–H groups in total. The average Bonchev–Trinajstić information content (AvgIpc) is 2.34. The molecule has 0 saturated carbocycles. The molecule has 0 spiro atoms. The molecule has 0 aliphatic carbocycles. The Morgan fingerprint density at radius 2 is 1.76 bits per heavy atom. The molecule has 0 aliphatic heterocycles. The topological polar surface area (TPSA) is 83.9 Å². The number of rotatable bonds is 6. The van der Waals surface area contributed by atoms with Crippen molar-refractivity contribution < 1.29 is 23.1 Å². The Kier molecular flexibility index (Phi) is 5.36. The van der Waals surface area contributed by atoms with Crippen LogP contribution in [0.5, 0.6) is 5.75 Å². The maximum absolute atomic E-state index is 12.6. The van der Waals surface area contributed by atoms with Gasteiger partial charge in [-0.05, 0) is 51.0 Å². The van der Waals surface area contributed by atoms with Crippen LogP contribution in [0.15, 0.2) is 17.0 Å². The molecule has 6 nitrogen and oxygen atoms in total. The average molecular weight is 315 g/mol. The van der Waals surface area contributed by atoms with Crippen LogP contribution in [-0.4, -0.2) is 43.5 Å². The van der Waals surface area contributed by atoms with Gasteiger partial charge >= 0.3 is 5.97 Å². The van der Waals surface area contributed by atoms with E-state index in [4.69, 9.17) is 9.84 Å². The summed E-state index contributed by atoms with van der Waals surface area (Å²) in [5.41, 5.74) is 1.38. The Morgan fingerprint density at radius 1 is 1.29 bits per heavy atom. The first-order valence-electron chi connectivity index (χ1n) is 6.50. The van der Waals surface area contributed by atoms with Gasteiger partial charge in [-0.15, -0.1) is 0 Å². The van der Waals surface area contributed by atoms with Gasteiger partial charge in [-0.3, -0.25) is 4.79 Å². The van der Waals surface area contributed by atoms with Gasteiger partial charge in [0, 0.05) is 6.04 Å². The first-order chi connectivity index (χ1) is 9.61. The SMILES string of the molecule is COc1c(C)cc(S(=O)(=O)N(CC(=O)O)C(C)C)cc1C. The lowest BCUT2D eigenvalue weighted by Gasteiger charge is -2.24. The van der Waals surface area contributed by atoms with Crippen molar-refractivity contribution >= 4 is 16.0 Å². The van der Waals surface area contributed by atoms with Crippen molar-refractivity contribution in [2.45, 2.75) is 38.6 Å². The van der Waals surface area contributed by atoms with Crippen LogP contribution in [-0.2, 0) is 14.8 Å². The third kappa shape index (κ3) is 3.74. The predicted molar refractivity (Wildman–Crippen MR) is 79.1 cm³/mol. The van der Waals surface area contributed by atoms with Crippen molar-refractivity contribution in [2.24, 2.45) is 0 Å². The first-order valence-corrected chi connectivity index (χ1v) is 7.94. The lowest BCUT2D eigenvalue weighted by Crippen LogP contribution is -2.40. The van der Waals surface area contributed by atoms with E-state index >= 15 is 0 Å². The molecule has 7 heteroatoms. The molecule has 1 rings (SSSR count). The Morgan fingerprint density at radius 3 is 2.10 bits per heavy atom. The van der Waals surface area contributed by atoms with Gasteiger partial charge in [0.2, 0.25) is 10.0 Å². The molecule has 118 valence electrons. The number of nitrogens with zero attached hydrogens (tertiary/aromatic N) is 1. The minimum absolute atomic E-state index is 0.0771. The zero-order chi connectivity index (χ0) is 16.4. The summed E-state index contributed by atoms with van der Waals surface area (Å²) in [6.07, 6.45) is 0. The lowest BCUT2D eigenvalue weighted by atomic mass is 10.1. The van der Waals surface area contributed by atoms with Crippen LogP contribution in [0.4, 0.5) is 0 Å². The standard InChI is InChI=1S/C14H21NO5S/c1-9(2)15(8-13(16)17)21(18,19)12-6-10(3)14(20-5)11(4)7-12/h6-7,9H,8H2,1-5H3,(H,16,17). The number of hydrogen-bond acceptors (Lipinski definition) is 4. The van der Waals surface area contributed by atoms with E-state index in [9.17, 15) is 13.2 Å². The van der Waals surface area contributed by atoms with Crippen LogP contribution in [0.25, 0.3) is 0 Å². The number of sulfonamides is 1. The minimum Gasteiger partial charge on any atom is -0.496 e. The highest BCUT2D eigenvalue weighted by molar-refractivity contribution is 7.89. The van der Waals surface area contributed by atoms with Crippen molar-refractivity contribution in [1.29, 1.82) is 0 Å². The number of carboxylic acids is 1. The number of hydrogen-bond donors (Lipinski definition) is 1.